The predicted octanol–water partition coefficient (Wildman–Crippen LogP) is 10.3. The minimum Gasteiger partial charge on any atom is -0.399 e. The van der Waals surface area contributed by atoms with Gasteiger partial charge in [-0.3, -0.25) is 19.2 Å². The highest BCUT2D eigenvalue weighted by molar-refractivity contribution is 8.02. The van der Waals surface area contributed by atoms with Crippen molar-refractivity contribution in [1.29, 1.82) is 0 Å². The van der Waals surface area contributed by atoms with Crippen LogP contribution >= 0.6 is 47.0 Å². The first-order valence-electron chi connectivity index (χ1n) is 17.4. The number of amides is 4. The molecule has 4 amide bonds. The summed E-state index contributed by atoms with van der Waals surface area (Å²) < 4.78 is 0. The van der Waals surface area contributed by atoms with Crippen LogP contribution in [0.1, 0.15) is 41.4 Å². The van der Waals surface area contributed by atoms with Gasteiger partial charge in [-0.25, -0.2) is 9.80 Å². The summed E-state index contributed by atoms with van der Waals surface area (Å²) in [4.78, 5) is 61.9. The number of imide groups is 2. The minimum absolute atomic E-state index is 0.352. The lowest BCUT2D eigenvalue weighted by atomic mass is 10.00. The molecule has 6 aromatic carbocycles. The van der Waals surface area contributed by atoms with Gasteiger partial charge in [0.2, 0.25) is 0 Å². The number of hydrogen-bond donors (Lipinski definition) is 2. The molecule has 4 N–H and O–H groups in total. The summed E-state index contributed by atoms with van der Waals surface area (Å²) in [5, 5.41) is 0. The van der Waals surface area contributed by atoms with Crippen molar-refractivity contribution in [3.8, 4) is 33.4 Å². The van der Waals surface area contributed by atoms with Crippen molar-refractivity contribution in [3.05, 3.63) is 131 Å². The smallest absolute Gasteiger partial charge is 0.266 e. The molecule has 0 saturated carbocycles. The molecule has 2 heterocycles. The summed E-state index contributed by atoms with van der Waals surface area (Å²) in [6.07, 6.45) is 7.83. The van der Waals surface area contributed by atoms with Crippen molar-refractivity contribution in [2.24, 2.45) is 0 Å². The molecule has 2 aliphatic rings. The topological polar surface area (TPSA) is 127 Å². The zero-order valence-electron chi connectivity index (χ0n) is 30.7. The number of thioether (sulfide) groups is 4. The van der Waals surface area contributed by atoms with E-state index in [-0.39, 0.29) is 23.6 Å². The number of carbonyl (C=O) groups is 4. The van der Waals surface area contributed by atoms with Gasteiger partial charge < -0.3 is 11.5 Å². The molecule has 0 saturated heterocycles. The van der Waals surface area contributed by atoms with Gasteiger partial charge in [0, 0.05) is 31.0 Å². The van der Waals surface area contributed by atoms with E-state index in [0.717, 1.165) is 53.0 Å². The fourth-order valence-electron chi connectivity index (χ4n) is 7.31. The van der Waals surface area contributed by atoms with Crippen LogP contribution in [0.2, 0.25) is 0 Å². The maximum absolute atomic E-state index is 14.1. The molecule has 2 aliphatic heterocycles. The molecule has 8 rings (SSSR count). The quantitative estimate of drug-likeness (QED) is 0.0828. The lowest BCUT2D eigenvalue weighted by Crippen LogP contribution is -2.30. The molecule has 0 aromatic heterocycles. The number of anilines is 4. The average molecular weight is 811 g/mol. The first-order valence-corrected chi connectivity index (χ1v) is 22.3. The number of benzene rings is 6. The summed E-state index contributed by atoms with van der Waals surface area (Å²) in [7, 11) is 0. The molecule has 278 valence electrons. The van der Waals surface area contributed by atoms with Crippen molar-refractivity contribution in [2.45, 2.75) is 19.6 Å². The average Bonchev–Trinajstić information content (AvgIpc) is 3.62. The molecule has 0 aliphatic carbocycles. The molecule has 0 unspecified atom stereocenters. The summed E-state index contributed by atoms with van der Waals surface area (Å²) >= 11 is 6.01. The first kappa shape index (κ1) is 37.5. The number of nitrogen functional groups attached to an aromatic ring is 2. The van der Waals surface area contributed by atoms with Crippen molar-refractivity contribution in [2.75, 3.05) is 46.3 Å². The Morgan fingerprint density at radius 3 is 1.00 bits per heavy atom. The third-order valence-corrected chi connectivity index (χ3v) is 13.6. The highest BCUT2D eigenvalue weighted by Crippen LogP contribution is 2.50. The van der Waals surface area contributed by atoms with E-state index in [4.69, 9.17) is 11.5 Å². The van der Waals surface area contributed by atoms with Gasteiger partial charge in [-0.1, -0.05) is 48.5 Å². The second kappa shape index (κ2) is 14.9. The molecule has 56 heavy (non-hydrogen) atoms. The maximum Gasteiger partial charge on any atom is 0.266 e. The Morgan fingerprint density at radius 1 is 0.357 bits per heavy atom. The Kier molecular flexibility index (Phi) is 10.00. The van der Waals surface area contributed by atoms with E-state index >= 15 is 0 Å². The number of nitrogens with zero attached hydrogens (tertiary/aromatic N) is 2. The van der Waals surface area contributed by atoms with Crippen LogP contribution in [0.15, 0.2) is 129 Å². The van der Waals surface area contributed by atoms with Crippen LogP contribution in [-0.4, -0.2) is 48.7 Å². The van der Waals surface area contributed by atoms with E-state index in [2.05, 4.69) is 0 Å². The van der Waals surface area contributed by atoms with Crippen LogP contribution < -0.4 is 21.3 Å². The maximum atomic E-state index is 14.1. The molecule has 0 spiro atoms. The summed E-state index contributed by atoms with van der Waals surface area (Å²) in [5.41, 5.74) is 20.8. The number of carbonyl (C=O) groups excluding carboxylic acids is 4. The summed E-state index contributed by atoms with van der Waals surface area (Å²) in [6, 6.07) is 33.0. The predicted molar refractivity (Wildman–Crippen MR) is 234 cm³/mol. The second-order valence-corrected chi connectivity index (χ2v) is 16.3. The molecule has 12 heteroatoms. The largest absolute Gasteiger partial charge is 0.399 e. The Hall–Kier alpha value is -5.40. The van der Waals surface area contributed by atoms with Crippen LogP contribution in [0.25, 0.3) is 33.4 Å². The third-order valence-electron chi connectivity index (χ3n) is 10.0. The van der Waals surface area contributed by atoms with Gasteiger partial charge in [0.1, 0.15) is 0 Å². The van der Waals surface area contributed by atoms with Crippen LogP contribution in [0.4, 0.5) is 22.7 Å². The zero-order valence-corrected chi connectivity index (χ0v) is 34.0. The van der Waals surface area contributed by atoms with Crippen LogP contribution in [-0.2, 0) is 0 Å². The van der Waals surface area contributed by atoms with Crippen LogP contribution in [0, 0.1) is 0 Å². The van der Waals surface area contributed by atoms with Crippen molar-refractivity contribution >= 4 is 93.4 Å². The lowest BCUT2D eigenvalue weighted by molar-refractivity contribution is 0.0909. The normalized spacial score (nSPS) is 13.5. The molecule has 0 atom stereocenters. The highest BCUT2D eigenvalue weighted by Gasteiger charge is 2.40. The van der Waals surface area contributed by atoms with Gasteiger partial charge in [0.05, 0.1) is 33.6 Å². The zero-order chi connectivity index (χ0) is 39.4. The standard InChI is InChI=1S/C44H34N4O4S4/c1-53-37-29(17-19-35(39(37)55-3)47-41(49)31-15-9-25(21-33(31)43(47)51)23-5-11-27(45)12-6-23)30-18-20-36(40(56-4)38(30)54-2)48-42(50)32-16-10-26(22-34(32)44(48)52)24-7-13-28(46)14-8-24/h5-22H,45-46H2,1-4H3. The molecular weight excluding hydrogens is 777 g/mol. The minimum atomic E-state index is -0.377. The Labute approximate surface area is 341 Å². The van der Waals surface area contributed by atoms with E-state index in [0.29, 0.717) is 45.0 Å². The van der Waals surface area contributed by atoms with Gasteiger partial charge in [-0.15, -0.1) is 47.0 Å². The number of hydrogen-bond acceptors (Lipinski definition) is 10. The third kappa shape index (κ3) is 6.08. The van der Waals surface area contributed by atoms with Crippen molar-refractivity contribution < 1.29 is 19.2 Å². The number of fused-ring (bicyclic) bond motifs is 2. The molecular formula is C44H34N4O4S4. The van der Waals surface area contributed by atoms with Crippen molar-refractivity contribution in [3.63, 3.8) is 0 Å². The second-order valence-electron chi connectivity index (χ2n) is 13.1. The van der Waals surface area contributed by atoms with Gasteiger partial charge in [-0.2, -0.15) is 0 Å². The lowest BCUT2D eigenvalue weighted by Gasteiger charge is -2.24. The molecule has 0 radical (unpaired) electrons. The number of nitrogens with two attached hydrogens (primary N) is 2. The van der Waals surface area contributed by atoms with Gasteiger partial charge in [0.15, 0.2) is 0 Å². The fraction of sp³-hybridized carbons (Fsp3) is 0.0909. The Bertz CT molecular complexity index is 2460. The molecule has 8 nitrogen and oxygen atoms in total. The van der Waals surface area contributed by atoms with E-state index in [1.807, 2.05) is 85.7 Å². The highest BCUT2D eigenvalue weighted by atomic mass is 32.2. The van der Waals surface area contributed by atoms with Gasteiger partial charge in [-0.05, 0) is 119 Å². The van der Waals surface area contributed by atoms with Gasteiger partial charge in [0.25, 0.3) is 23.6 Å². The molecule has 6 aromatic rings. The van der Waals surface area contributed by atoms with E-state index in [9.17, 15) is 19.2 Å². The SMILES string of the molecule is CSc1c(-c2ccc(N3C(=O)c4ccc(-c5ccc(N)cc5)cc4C3=O)c(SC)c2SC)ccc(N2C(=O)c3ccc(-c4ccc(N)cc4)cc3C2=O)c1SC. The molecule has 0 bridgehead atoms. The Balaban J connectivity index is 1.16. The monoisotopic (exact) mass is 810 g/mol. The van der Waals surface area contributed by atoms with Gasteiger partial charge >= 0.3 is 0 Å². The Morgan fingerprint density at radius 2 is 0.661 bits per heavy atom. The van der Waals surface area contributed by atoms with E-state index < -0.39 is 0 Å². The van der Waals surface area contributed by atoms with Crippen molar-refractivity contribution in [1.82, 2.24) is 0 Å². The van der Waals surface area contributed by atoms with Crippen LogP contribution in [0.3, 0.4) is 0 Å². The fourth-order valence-corrected chi connectivity index (χ4v) is 11.0. The van der Waals surface area contributed by atoms with E-state index in [1.165, 1.54) is 56.8 Å². The van der Waals surface area contributed by atoms with Crippen LogP contribution in [0.5, 0.6) is 0 Å². The van der Waals surface area contributed by atoms with E-state index in [1.54, 1.807) is 48.5 Å². The first-order chi connectivity index (χ1) is 27.1. The molecule has 0 fully saturated rings. The summed E-state index contributed by atoms with van der Waals surface area (Å²) in [5.74, 6) is -1.50. The number of rotatable bonds is 9. The summed E-state index contributed by atoms with van der Waals surface area (Å²) in [6.45, 7) is 0.